The fourth-order valence-electron chi connectivity index (χ4n) is 4.21. The molecule has 0 spiro atoms. The first kappa shape index (κ1) is 24.0. The molecule has 0 N–H and O–H groups in total. The Balaban J connectivity index is 1.59. The number of thiocarbonyl (C=S) groups is 1. The van der Waals surface area contributed by atoms with E-state index in [4.69, 9.17) is 17.0 Å². The molecule has 0 saturated carbocycles. The van der Waals surface area contributed by atoms with Gasteiger partial charge in [0.25, 0.3) is 11.5 Å². The molecule has 5 rings (SSSR count). The van der Waals surface area contributed by atoms with Crippen LogP contribution in [0.5, 0.6) is 11.6 Å². The van der Waals surface area contributed by atoms with Crippen molar-refractivity contribution < 1.29 is 9.53 Å². The summed E-state index contributed by atoms with van der Waals surface area (Å²) in [4.78, 5) is 33.5. The molecule has 0 radical (unpaired) electrons. The Morgan fingerprint density at radius 2 is 1.69 bits per heavy atom. The van der Waals surface area contributed by atoms with Gasteiger partial charge in [-0.15, -0.1) is 0 Å². The Labute approximate surface area is 218 Å². The van der Waals surface area contributed by atoms with Gasteiger partial charge in [0, 0.05) is 6.20 Å². The quantitative estimate of drug-likeness (QED) is 0.239. The molecular formula is C28H23N3O3S2. The van der Waals surface area contributed by atoms with Crippen LogP contribution in [0.1, 0.15) is 35.2 Å². The number of hydrogen-bond acceptors (Lipinski definition) is 6. The van der Waals surface area contributed by atoms with Crippen molar-refractivity contribution in [3.05, 3.63) is 110 Å². The number of carbonyl (C=O) groups is 1. The van der Waals surface area contributed by atoms with E-state index in [9.17, 15) is 9.59 Å². The van der Waals surface area contributed by atoms with Crippen LogP contribution in [-0.4, -0.2) is 24.5 Å². The van der Waals surface area contributed by atoms with E-state index < -0.39 is 0 Å². The maximum absolute atomic E-state index is 13.5. The number of nitrogens with zero attached hydrogens (tertiary/aromatic N) is 3. The molecule has 4 aromatic rings. The zero-order valence-corrected chi connectivity index (χ0v) is 21.6. The Kier molecular flexibility index (Phi) is 6.47. The van der Waals surface area contributed by atoms with Crippen LogP contribution in [0.2, 0.25) is 0 Å². The predicted octanol–water partition coefficient (Wildman–Crippen LogP) is 6.07. The first-order valence-corrected chi connectivity index (χ1v) is 12.6. The molecule has 1 atom stereocenters. The van der Waals surface area contributed by atoms with Crippen molar-refractivity contribution in [1.82, 2.24) is 14.3 Å². The highest BCUT2D eigenvalue weighted by atomic mass is 32.2. The zero-order chi connectivity index (χ0) is 25.4. The molecule has 1 saturated heterocycles. The second kappa shape index (κ2) is 9.72. The van der Waals surface area contributed by atoms with Gasteiger partial charge in [-0.25, -0.2) is 0 Å². The van der Waals surface area contributed by atoms with Crippen LogP contribution in [0.25, 0.3) is 11.7 Å². The minimum atomic E-state index is -0.332. The number of ether oxygens (including phenoxy) is 1. The lowest BCUT2D eigenvalue weighted by Crippen LogP contribution is -2.31. The van der Waals surface area contributed by atoms with Gasteiger partial charge in [-0.05, 0) is 67.8 Å². The number of hydrogen-bond donors (Lipinski definition) is 0. The van der Waals surface area contributed by atoms with E-state index in [0.717, 1.165) is 16.7 Å². The van der Waals surface area contributed by atoms with Gasteiger partial charge in [0.15, 0.2) is 0 Å². The Bertz CT molecular complexity index is 1570. The number of thioether (sulfide) groups is 1. The summed E-state index contributed by atoms with van der Waals surface area (Å²) in [5.41, 5.74) is 3.33. The van der Waals surface area contributed by atoms with Crippen LogP contribution in [0.4, 0.5) is 0 Å². The van der Waals surface area contributed by atoms with Crippen LogP contribution in [0.3, 0.4) is 0 Å². The summed E-state index contributed by atoms with van der Waals surface area (Å²) < 4.78 is 8.02. The maximum Gasteiger partial charge on any atom is 0.269 e. The molecule has 8 heteroatoms. The number of fused-ring (bicyclic) bond motifs is 1. The van der Waals surface area contributed by atoms with Gasteiger partial charge in [0.2, 0.25) is 5.88 Å². The summed E-state index contributed by atoms with van der Waals surface area (Å²) >= 11 is 6.73. The summed E-state index contributed by atoms with van der Waals surface area (Å²) in [5.74, 6) is 0.452. The molecule has 0 bridgehead atoms. The van der Waals surface area contributed by atoms with Gasteiger partial charge in [-0.1, -0.05) is 66.4 Å². The van der Waals surface area contributed by atoms with E-state index in [1.807, 2.05) is 69.3 Å². The van der Waals surface area contributed by atoms with E-state index in [-0.39, 0.29) is 29.0 Å². The number of aromatic nitrogens is 2. The first-order valence-electron chi connectivity index (χ1n) is 11.4. The van der Waals surface area contributed by atoms with Crippen LogP contribution in [0.15, 0.2) is 82.6 Å². The van der Waals surface area contributed by atoms with Crippen LogP contribution >= 0.6 is 24.0 Å². The van der Waals surface area contributed by atoms with Crippen molar-refractivity contribution in [3.63, 3.8) is 0 Å². The molecule has 1 unspecified atom stereocenters. The normalized spacial score (nSPS) is 15.6. The summed E-state index contributed by atoms with van der Waals surface area (Å²) in [6.45, 7) is 5.88. The Morgan fingerprint density at radius 3 is 2.42 bits per heavy atom. The van der Waals surface area contributed by atoms with E-state index >= 15 is 0 Å². The standard InChI is InChI=1S/C28H23N3O3S2/c1-17-13-18(2)15-21(14-17)34-25-22(26(32)30-12-8-7-11-24(30)29-25)16-23-27(33)31(28(35)36-23)19(3)20-9-5-4-6-10-20/h4-16,19H,1-3H3/b23-16+. The fourth-order valence-corrected chi connectivity index (χ4v) is 5.61. The molecule has 1 aliphatic heterocycles. The average molecular weight is 514 g/mol. The van der Waals surface area contributed by atoms with Crippen LogP contribution < -0.4 is 10.3 Å². The van der Waals surface area contributed by atoms with Crippen molar-refractivity contribution in [2.45, 2.75) is 26.8 Å². The molecule has 36 heavy (non-hydrogen) atoms. The number of benzene rings is 2. The number of aryl methyl sites for hydroxylation is 2. The van der Waals surface area contributed by atoms with Gasteiger partial charge in [-0.3, -0.25) is 18.9 Å². The SMILES string of the molecule is Cc1cc(C)cc(Oc2nc3ccccn3c(=O)c2/C=C2/SC(=S)N(C(C)c3ccccc3)C2=O)c1. The molecule has 1 fully saturated rings. The van der Waals surface area contributed by atoms with Crippen LogP contribution in [0, 0.1) is 13.8 Å². The third kappa shape index (κ3) is 4.57. The van der Waals surface area contributed by atoms with E-state index in [1.165, 1.54) is 16.2 Å². The van der Waals surface area contributed by atoms with E-state index in [0.29, 0.717) is 20.6 Å². The minimum absolute atomic E-state index is 0.137. The summed E-state index contributed by atoms with van der Waals surface area (Å²) in [6.07, 6.45) is 3.19. The maximum atomic E-state index is 13.5. The lowest BCUT2D eigenvalue weighted by Gasteiger charge is -2.23. The number of amides is 1. The van der Waals surface area contributed by atoms with Crippen molar-refractivity contribution in [2.24, 2.45) is 0 Å². The van der Waals surface area contributed by atoms with Gasteiger partial charge >= 0.3 is 0 Å². The summed E-state index contributed by atoms with van der Waals surface area (Å²) in [6, 6.07) is 20.6. The van der Waals surface area contributed by atoms with Crippen molar-refractivity contribution in [3.8, 4) is 11.6 Å². The third-order valence-corrected chi connectivity index (χ3v) is 7.24. The lowest BCUT2D eigenvalue weighted by atomic mass is 10.1. The minimum Gasteiger partial charge on any atom is -0.438 e. The number of pyridine rings is 1. The first-order chi connectivity index (χ1) is 17.3. The highest BCUT2D eigenvalue weighted by Crippen LogP contribution is 2.38. The molecule has 2 aromatic carbocycles. The highest BCUT2D eigenvalue weighted by molar-refractivity contribution is 8.26. The van der Waals surface area contributed by atoms with Crippen molar-refractivity contribution in [2.75, 3.05) is 0 Å². The van der Waals surface area contributed by atoms with Gasteiger partial charge in [-0.2, -0.15) is 4.98 Å². The Hall–Kier alpha value is -3.75. The largest absolute Gasteiger partial charge is 0.438 e. The molecule has 3 heterocycles. The lowest BCUT2D eigenvalue weighted by molar-refractivity contribution is -0.123. The zero-order valence-electron chi connectivity index (χ0n) is 20.0. The summed E-state index contributed by atoms with van der Waals surface area (Å²) in [7, 11) is 0. The topological polar surface area (TPSA) is 63.9 Å². The monoisotopic (exact) mass is 513 g/mol. The summed E-state index contributed by atoms with van der Waals surface area (Å²) in [5, 5.41) is 0. The smallest absolute Gasteiger partial charge is 0.269 e. The number of rotatable bonds is 5. The molecular weight excluding hydrogens is 490 g/mol. The molecule has 6 nitrogen and oxygen atoms in total. The third-order valence-electron chi connectivity index (χ3n) is 5.91. The van der Waals surface area contributed by atoms with Crippen LogP contribution in [-0.2, 0) is 4.79 Å². The van der Waals surface area contributed by atoms with Crippen molar-refractivity contribution in [1.29, 1.82) is 0 Å². The molecule has 1 aliphatic rings. The van der Waals surface area contributed by atoms with E-state index in [1.54, 1.807) is 35.4 Å². The van der Waals surface area contributed by atoms with Gasteiger partial charge in [0.05, 0.1) is 10.9 Å². The van der Waals surface area contributed by atoms with Crippen molar-refractivity contribution >= 4 is 45.9 Å². The number of carbonyl (C=O) groups excluding carboxylic acids is 1. The van der Waals surface area contributed by atoms with Gasteiger partial charge in [0.1, 0.15) is 21.3 Å². The second-order valence-corrected chi connectivity index (χ2v) is 10.3. The molecule has 0 aliphatic carbocycles. The average Bonchev–Trinajstić information content (AvgIpc) is 3.13. The highest BCUT2D eigenvalue weighted by Gasteiger charge is 2.36. The van der Waals surface area contributed by atoms with E-state index in [2.05, 4.69) is 4.98 Å². The predicted molar refractivity (Wildman–Crippen MR) is 147 cm³/mol. The second-order valence-electron chi connectivity index (χ2n) is 8.63. The molecule has 180 valence electrons. The Morgan fingerprint density at radius 1 is 1.00 bits per heavy atom. The van der Waals surface area contributed by atoms with Gasteiger partial charge < -0.3 is 4.74 Å². The molecule has 2 aromatic heterocycles. The molecule has 1 amide bonds. The fraction of sp³-hybridized carbons (Fsp3) is 0.143.